The van der Waals surface area contributed by atoms with Crippen LogP contribution in [-0.2, 0) is 10.8 Å². The normalized spacial score (nSPS) is 16.0. The van der Waals surface area contributed by atoms with Crippen LogP contribution in [0.25, 0.3) is 60.9 Å². The van der Waals surface area contributed by atoms with E-state index in [2.05, 4.69) is 230 Å². The second-order valence-electron chi connectivity index (χ2n) is 17.2. The Balaban J connectivity index is 0.982. The van der Waals surface area contributed by atoms with Crippen LogP contribution < -0.4 is 4.90 Å². The Morgan fingerprint density at radius 3 is 1.75 bits per heavy atom. The summed E-state index contributed by atoms with van der Waals surface area (Å²) < 4.78 is 2.51. The summed E-state index contributed by atoms with van der Waals surface area (Å²) >= 11 is 0. The number of hydrogen-bond acceptors (Lipinski definition) is 1. The molecule has 3 aliphatic rings. The molecule has 2 heterocycles. The first-order chi connectivity index (χ1) is 29.5. The molecule has 0 bridgehead atoms. The lowest BCUT2D eigenvalue weighted by molar-refractivity contribution is 0.660. The highest BCUT2D eigenvalue weighted by Gasteiger charge is 2.51. The summed E-state index contributed by atoms with van der Waals surface area (Å²) in [5.41, 5.74) is 22.5. The van der Waals surface area contributed by atoms with Gasteiger partial charge in [-0.25, -0.2) is 0 Å². The van der Waals surface area contributed by atoms with Gasteiger partial charge in [-0.3, -0.25) is 0 Å². The van der Waals surface area contributed by atoms with Crippen LogP contribution in [0.5, 0.6) is 0 Å². The Morgan fingerprint density at radius 2 is 0.917 bits per heavy atom. The van der Waals surface area contributed by atoms with E-state index in [1.54, 1.807) is 0 Å². The minimum Gasteiger partial charge on any atom is -0.310 e. The number of rotatable bonds is 4. The summed E-state index contributed by atoms with van der Waals surface area (Å²) in [6.45, 7) is 4.69. The van der Waals surface area contributed by atoms with Gasteiger partial charge in [-0.1, -0.05) is 166 Å². The molecule has 1 atom stereocenters. The van der Waals surface area contributed by atoms with Crippen LogP contribution in [0.3, 0.4) is 0 Å². The Morgan fingerprint density at radius 1 is 0.367 bits per heavy atom. The molecule has 9 aromatic carbocycles. The van der Waals surface area contributed by atoms with Gasteiger partial charge < -0.3 is 9.47 Å². The first-order valence-corrected chi connectivity index (χ1v) is 21.1. The zero-order chi connectivity index (χ0) is 39.7. The van der Waals surface area contributed by atoms with Crippen molar-refractivity contribution in [2.24, 2.45) is 0 Å². The molecule has 0 N–H and O–H groups in total. The monoisotopic (exact) mass is 764 g/mol. The molecule has 2 heteroatoms. The minimum absolute atomic E-state index is 0.00573. The number of para-hydroxylation sites is 4. The topological polar surface area (TPSA) is 8.17 Å². The summed E-state index contributed by atoms with van der Waals surface area (Å²) in [5.74, 6) is 0. The van der Waals surface area contributed by atoms with Crippen molar-refractivity contribution in [2.45, 2.75) is 24.7 Å². The summed E-state index contributed by atoms with van der Waals surface area (Å²) in [4.78, 5) is 2.41. The van der Waals surface area contributed by atoms with Gasteiger partial charge in [0, 0.05) is 33.2 Å². The Kier molecular flexibility index (Phi) is 6.74. The number of hydrogen-bond donors (Lipinski definition) is 0. The molecule has 10 aromatic rings. The van der Waals surface area contributed by atoms with Crippen LogP contribution in [0, 0.1) is 0 Å². The highest BCUT2D eigenvalue weighted by molar-refractivity contribution is 6.13. The fourth-order valence-corrected chi connectivity index (χ4v) is 11.4. The van der Waals surface area contributed by atoms with Gasteiger partial charge in [0.1, 0.15) is 0 Å². The number of nitrogens with zero attached hydrogens (tertiary/aromatic N) is 2. The standard InChI is InChI=1S/C58H40N2/c1-57(2)48-21-9-6-17-42(48)46-35-38(29-33-49(46)57)37-27-30-40(31-28-37)59(39-15-4-3-5-16-39)41-32-34-51-47(36-41)43-18-7-10-22-50(43)58(51)52-23-11-13-26-55(52)60-54-25-12-8-19-44(54)45-20-14-24-53(58)56(45)60/h3-36H,1-2H3. The molecule has 1 aliphatic heterocycles. The third kappa shape index (κ3) is 4.27. The van der Waals surface area contributed by atoms with Crippen molar-refractivity contribution in [1.82, 2.24) is 4.57 Å². The van der Waals surface area contributed by atoms with Crippen molar-refractivity contribution < 1.29 is 0 Å². The van der Waals surface area contributed by atoms with Gasteiger partial charge in [-0.2, -0.15) is 0 Å². The Hall–Kier alpha value is -7.42. The van der Waals surface area contributed by atoms with E-state index in [0.29, 0.717) is 0 Å². The largest absolute Gasteiger partial charge is 0.310 e. The molecule has 0 saturated heterocycles. The summed E-state index contributed by atoms with van der Waals surface area (Å²) in [5, 5.41) is 2.59. The zero-order valence-electron chi connectivity index (χ0n) is 33.5. The van der Waals surface area contributed by atoms with Gasteiger partial charge in [0.05, 0.1) is 22.1 Å². The molecular weight excluding hydrogens is 725 g/mol. The first-order valence-electron chi connectivity index (χ1n) is 21.1. The molecule has 282 valence electrons. The van der Waals surface area contributed by atoms with Crippen molar-refractivity contribution >= 4 is 38.9 Å². The van der Waals surface area contributed by atoms with Crippen LogP contribution in [0.15, 0.2) is 206 Å². The van der Waals surface area contributed by atoms with Crippen molar-refractivity contribution in [3.8, 4) is 39.1 Å². The summed E-state index contributed by atoms with van der Waals surface area (Å²) in [6.07, 6.45) is 0. The number of benzene rings is 9. The second-order valence-corrected chi connectivity index (χ2v) is 17.2. The molecule has 1 unspecified atom stereocenters. The van der Waals surface area contributed by atoms with Gasteiger partial charge in [0.15, 0.2) is 0 Å². The lowest BCUT2D eigenvalue weighted by atomic mass is 9.65. The number of anilines is 3. The van der Waals surface area contributed by atoms with E-state index in [-0.39, 0.29) is 5.41 Å². The highest BCUT2D eigenvalue weighted by atomic mass is 15.1. The van der Waals surface area contributed by atoms with Gasteiger partial charge in [-0.05, 0) is 121 Å². The van der Waals surface area contributed by atoms with Crippen LogP contribution in [0.2, 0.25) is 0 Å². The lowest BCUT2D eigenvalue weighted by Crippen LogP contribution is -2.33. The maximum absolute atomic E-state index is 2.51. The van der Waals surface area contributed by atoms with Crippen molar-refractivity contribution in [3.05, 3.63) is 240 Å². The molecule has 2 aliphatic carbocycles. The third-order valence-electron chi connectivity index (χ3n) is 14.0. The van der Waals surface area contributed by atoms with Gasteiger partial charge in [0.25, 0.3) is 0 Å². The fourth-order valence-electron chi connectivity index (χ4n) is 11.4. The van der Waals surface area contributed by atoms with Gasteiger partial charge >= 0.3 is 0 Å². The molecule has 0 amide bonds. The minimum atomic E-state index is -0.476. The summed E-state index contributed by atoms with van der Waals surface area (Å²) in [6, 6.07) is 77.1. The van der Waals surface area contributed by atoms with Crippen molar-refractivity contribution in [2.75, 3.05) is 4.90 Å². The van der Waals surface area contributed by atoms with Crippen molar-refractivity contribution in [3.63, 3.8) is 0 Å². The van der Waals surface area contributed by atoms with Crippen LogP contribution in [0.4, 0.5) is 17.1 Å². The van der Waals surface area contributed by atoms with E-state index in [1.165, 1.54) is 94.3 Å². The maximum Gasteiger partial charge on any atom is 0.0754 e. The van der Waals surface area contributed by atoms with E-state index in [9.17, 15) is 0 Å². The quantitative estimate of drug-likeness (QED) is 0.173. The molecule has 0 fully saturated rings. The molecule has 1 spiro atoms. The predicted molar refractivity (Wildman–Crippen MR) is 249 cm³/mol. The van der Waals surface area contributed by atoms with E-state index in [4.69, 9.17) is 0 Å². The average molecular weight is 765 g/mol. The van der Waals surface area contributed by atoms with Gasteiger partial charge in [-0.15, -0.1) is 0 Å². The smallest absolute Gasteiger partial charge is 0.0754 e. The highest BCUT2D eigenvalue weighted by Crippen LogP contribution is 2.61. The van der Waals surface area contributed by atoms with Crippen LogP contribution >= 0.6 is 0 Å². The molecule has 60 heavy (non-hydrogen) atoms. The Labute approximate surface area is 350 Å². The van der Waals surface area contributed by atoms with Crippen molar-refractivity contribution in [1.29, 1.82) is 0 Å². The van der Waals surface area contributed by atoms with E-state index >= 15 is 0 Å². The van der Waals surface area contributed by atoms with Crippen LogP contribution in [0.1, 0.15) is 47.2 Å². The lowest BCUT2D eigenvalue weighted by Gasteiger charge is -2.39. The molecule has 2 nitrogen and oxygen atoms in total. The molecule has 1 aromatic heterocycles. The Bertz CT molecular complexity index is 3400. The fraction of sp³-hybridized carbons (Fsp3) is 0.0690. The SMILES string of the molecule is CC1(C)c2ccccc2-c2cc(-c3ccc(N(c4ccccc4)c4ccc5c(c4)-c4ccccc4C54c5ccccc5-n5c6ccccc6c6cccc4c65)cc3)ccc21. The van der Waals surface area contributed by atoms with Gasteiger partial charge in [0.2, 0.25) is 0 Å². The zero-order valence-corrected chi connectivity index (χ0v) is 33.5. The second kappa shape index (κ2) is 12.1. The summed E-state index contributed by atoms with van der Waals surface area (Å²) in [7, 11) is 0. The third-order valence-corrected chi connectivity index (χ3v) is 14.0. The molecule has 13 rings (SSSR count). The van der Waals surface area contributed by atoms with E-state index in [0.717, 1.165) is 17.1 Å². The average Bonchev–Trinajstić information content (AvgIpc) is 3.88. The number of fused-ring (bicyclic) bond motifs is 15. The van der Waals surface area contributed by atoms with E-state index < -0.39 is 5.41 Å². The van der Waals surface area contributed by atoms with E-state index in [1.807, 2.05) is 0 Å². The van der Waals surface area contributed by atoms with Crippen LogP contribution in [-0.4, -0.2) is 4.57 Å². The predicted octanol–water partition coefficient (Wildman–Crippen LogP) is 14.9. The molecule has 0 saturated carbocycles. The number of aromatic nitrogens is 1. The first kappa shape index (κ1) is 33.5. The maximum atomic E-state index is 2.51. The molecule has 0 radical (unpaired) electrons. The molecular formula is C58H40N2.